The van der Waals surface area contributed by atoms with Gasteiger partial charge in [0.2, 0.25) is 5.95 Å². The number of anilines is 2. The van der Waals surface area contributed by atoms with Crippen LogP contribution in [0.1, 0.15) is 12.5 Å². The monoisotopic (exact) mass is 658 g/mol. The Balaban J connectivity index is 1.18. The molecule has 3 aliphatic rings. The van der Waals surface area contributed by atoms with Gasteiger partial charge in [0, 0.05) is 6.66 Å². The van der Waals surface area contributed by atoms with Gasteiger partial charge < -0.3 is 35.1 Å². The van der Waals surface area contributed by atoms with Crippen LogP contribution in [-0.2, 0) is 36.7 Å². The highest BCUT2D eigenvalue weighted by molar-refractivity contribution is 7.53. The van der Waals surface area contributed by atoms with Gasteiger partial charge in [-0.25, -0.2) is 24.3 Å². The average Bonchev–Trinajstić information content (AvgIpc) is 3.72. The summed E-state index contributed by atoms with van der Waals surface area (Å²) in [4.78, 5) is 34.7. The van der Waals surface area contributed by atoms with Crippen molar-refractivity contribution in [2.24, 2.45) is 0 Å². The quantitative estimate of drug-likeness (QED) is 0.200. The maximum absolute atomic E-state index is 16.0. The zero-order valence-electron chi connectivity index (χ0n) is 22.5. The number of H-pyrrole nitrogens is 1. The Morgan fingerprint density at radius 2 is 1.77 bits per heavy atom. The van der Waals surface area contributed by atoms with Gasteiger partial charge in [-0.1, -0.05) is 0 Å². The predicted octanol–water partition coefficient (Wildman–Crippen LogP) is -0.352. The lowest BCUT2D eigenvalue weighted by Crippen LogP contribution is -2.35. The zero-order chi connectivity index (χ0) is 30.9. The molecule has 3 saturated heterocycles. The third kappa shape index (κ3) is 4.99. The summed E-state index contributed by atoms with van der Waals surface area (Å²) in [6.45, 7) is 0.0585. The molecule has 6 N–H and O–H groups in total. The molecule has 7 heterocycles. The predicted molar refractivity (Wildman–Crippen MR) is 145 cm³/mol. The number of imidazole rings is 2. The maximum atomic E-state index is 16.0. The Morgan fingerprint density at radius 1 is 1.05 bits per heavy atom. The van der Waals surface area contributed by atoms with Gasteiger partial charge in [-0.05, 0) is 0 Å². The van der Waals surface area contributed by atoms with Gasteiger partial charge in [0.1, 0.15) is 42.4 Å². The molecule has 0 aromatic carbocycles. The van der Waals surface area contributed by atoms with Gasteiger partial charge in [0.25, 0.3) is 5.56 Å². The fourth-order valence-corrected chi connectivity index (χ4v) is 7.35. The van der Waals surface area contributed by atoms with Crippen molar-refractivity contribution in [2.75, 3.05) is 31.3 Å². The third-order valence-corrected chi connectivity index (χ3v) is 9.46. The zero-order valence-corrected chi connectivity index (χ0v) is 24.4. The van der Waals surface area contributed by atoms with E-state index in [0.29, 0.717) is 0 Å². The summed E-state index contributed by atoms with van der Waals surface area (Å²) in [5, 5.41) is 11.1. The lowest BCUT2D eigenvalue weighted by Gasteiger charge is -2.25. The van der Waals surface area contributed by atoms with Crippen molar-refractivity contribution < 1.29 is 46.2 Å². The molecule has 0 saturated carbocycles. The molecule has 23 heteroatoms. The second-order valence-electron chi connectivity index (χ2n) is 10.2. The fraction of sp³-hybridized carbons (Fsp3) is 0.524. The number of nitrogens with zero attached hydrogens (tertiary/aromatic N) is 7. The van der Waals surface area contributed by atoms with Crippen molar-refractivity contribution in [1.82, 2.24) is 39.0 Å². The van der Waals surface area contributed by atoms with E-state index in [-0.39, 0.29) is 34.1 Å². The molecule has 3 fully saturated rings. The molecular formula is C21H25FN10O10P2. The number of aliphatic hydroxyl groups excluding tert-OH is 1. The third-order valence-electron chi connectivity index (χ3n) is 7.35. The lowest BCUT2D eigenvalue weighted by molar-refractivity contribution is -0.0572. The number of aromatic amines is 1. The summed E-state index contributed by atoms with van der Waals surface area (Å²) in [6, 6.07) is 0. The number of aliphatic hydroxyl groups is 1. The highest BCUT2D eigenvalue weighted by Gasteiger charge is 2.52. The van der Waals surface area contributed by atoms with Crippen LogP contribution in [-0.4, -0.2) is 101 Å². The van der Waals surface area contributed by atoms with E-state index in [1.165, 1.54) is 17.2 Å². The first-order valence-corrected chi connectivity index (χ1v) is 16.2. The molecule has 0 radical (unpaired) electrons. The van der Waals surface area contributed by atoms with Crippen LogP contribution in [0.25, 0.3) is 22.3 Å². The standard InChI is InChI=1S/C21H25FN10O10P2/c1-44(36)38-3-7-12(33)14(20(39-7)31-5-27-10-15(23)25-4-26-16(10)31)41-43(35)37-2-8-13(42-44)9(22)19(40-8)32-6-28-11-17(32)29-21(24)30-18(11)34/h4-9,12-14,19-20,33,43H,2-3H2,1H3,(H2,23,25,26)(H3,24,29,30,34)/t7-,8-,9-,12-,13-,14-,19-,20-,44?/m1/s1. The number of fused-ring (bicyclic) bond motifs is 5. The smallest absolute Gasteiger partial charge is 0.328 e. The van der Waals surface area contributed by atoms with Crippen molar-refractivity contribution in [3.05, 3.63) is 29.3 Å². The van der Waals surface area contributed by atoms with Crippen LogP contribution >= 0.6 is 15.9 Å². The minimum absolute atomic E-state index is 0.0748. The van der Waals surface area contributed by atoms with E-state index in [2.05, 4.69) is 29.9 Å². The second-order valence-corrected chi connectivity index (χ2v) is 13.2. The molecule has 10 atom stereocenters. The van der Waals surface area contributed by atoms with Gasteiger partial charge in [-0.3, -0.25) is 37.1 Å². The van der Waals surface area contributed by atoms with Crippen molar-refractivity contribution in [1.29, 1.82) is 0 Å². The second kappa shape index (κ2) is 10.9. The molecule has 7 rings (SSSR count). The van der Waals surface area contributed by atoms with E-state index in [1.807, 2.05) is 0 Å². The van der Waals surface area contributed by atoms with Gasteiger partial charge in [0.15, 0.2) is 41.3 Å². The number of nitrogen functional groups attached to an aromatic ring is 2. The molecule has 20 nitrogen and oxygen atoms in total. The van der Waals surface area contributed by atoms with E-state index < -0.39 is 83.8 Å². The Labute approximate surface area is 245 Å². The van der Waals surface area contributed by atoms with Gasteiger partial charge in [-0.2, -0.15) is 4.98 Å². The number of nitrogens with one attached hydrogen (secondary N) is 1. The van der Waals surface area contributed by atoms with Crippen LogP contribution in [0.15, 0.2) is 23.8 Å². The number of nitrogens with two attached hydrogens (primary N) is 2. The van der Waals surface area contributed by atoms with Gasteiger partial charge in [0.05, 0.1) is 25.9 Å². The number of hydrogen-bond acceptors (Lipinski definition) is 17. The molecule has 4 aromatic rings. The first-order chi connectivity index (χ1) is 21.0. The SMILES string of the molecule is CP1(=O)OC[C@H]2O[C@@H](n3cnc4c(N)ncnc43)[C@H](O[PH](=O)OC[C@H]3O[C@@H](n4cnc5c(=O)[nH]c(N)nc54)[C@H](F)[C@@H]3O1)[C@@H]2O. The summed E-state index contributed by atoms with van der Waals surface area (Å²) < 4.78 is 79.0. The molecule has 2 bridgehead atoms. The molecule has 236 valence electrons. The van der Waals surface area contributed by atoms with Crippen LogP contribution < -0.4 is 17.0 Å². The average molecular weight is 658 g/mol. The topological polar surface area (TPSA) is 269 Å². The number of rotatable bonds is 2. The fourth-order valence-electron chi connectivity index (χ4n) is 5.33. The van der Waals surface area contributed by atoms with E-state index >= 15 is 4.39 Å². The first kappa shape index (κ1) is 29.3. The molecule has 2 unspecified atom stereocenters. The van der Waals surface area contributed by atoms with Crippen LogP contribution in [0.4, 0.5) is 16.2 Å². The van der Waals surface area contributed by atoms with Crippen molar-refractivity contribution in [2.45, 2.75) is 49.1 Å². The number of halogens is 1. The van der Waals surface area contributed by atoms with Crippen molar-refractivity contribution in [3.8, 4) is 0 Å². The number of alkyl halides is 1. The van der Waals surface area contributed by atoms with Crippen molar-refractivity contribution >= 4 is 49.9 Å². The molecular weight excluding hydrogens is 633 g/mol. The van der Waals surface area contributed by atoms with E-state index in [4.69, 9.17) is 39.0 Å². The highest BCUT2D eigenvalue weighted by atomic mass is 31.2. The molecule has 0 amide bonds. The first-order valence-electron chi connectivity index (χ1n) is 13.0. The van der Waals surface area contributed by atoms with E-state index in [0.717, 1.165) is 17.6 Å². The van der Waals surface area contributed by atoms with Crippen LogP contribution in [0.3, 0.4) is 0 Å². The van der Waals surface area contributed by atoms with Gasteiger partial charge in [-0.15, -0.1) is 0 Å². The van der Waals surface area contributed by atoms with Crippen LogP contribution in [0.5, 0.6) is 0 Å². The van der Waals surface area contributed by atoms with E-state index in [9.17, 15) is 19.0 Å². The normalized spacial score (nSPS) is 36.6. The van der Waals surface area contributed by atoms with Crippen LogP contribution in [0, 0.1) is 0 Å². The molecule has 44 heavy (non-hydrogen) atoms. The molecule has 3 aliphatic heterocycles. The lowest BCUT2D eigenvalue weighted by atomic mass is 10.1. The number of aromatic nitrogens is 8. The Bertz CT molecular complexity index is 1870. The maximum Gasteiger partial charge on any atom is 0.328 e. The summed E-state index contributed by atoms with van der Waals surface area (Å²) in [6.07, 6.45) is -7.81. The molecule has 0 spiro atoms. The Kier molecular flexibility index (Phi) is 7.26. The van der Waals surface area contributed by atoms with Crippen molar-refractivity contribution in [3.63, 3.8) is 0 Å². The van der Waals surface area contributed by atoms with E-state index in [1.54, 1.807) is 0 Å². The van der Waals surface area contributed by atoms with Gasteiger partial charge >= 0.3 is 15.9 Å². The number of hydrogen-bond donors (Lipinski definition) is 4. The molecule has 4 aromatic heterocycles. The summed E-state index contributed by atoms with van der Waals surface area (Å²) in [7, 11) is -7.50. The minimum atomic E-state index is -4.08. The minimum Gasteiger partial charge on any atom is -0.387 e. The summed E-state index contributed by atoms with van der Waals surface area (Å²) >= 11 is 0. The Hall–Kier alpha value is -3.39. The summed E-state index contributed by atoms with van der Waals surface area (Å²) in [5.41, 5.74) is 11.2. The number of ether oxygens (including phenoxy) is 2. The largest absolute Gasteiger partial charge is 0.387 e. The summed E-state index contributed by atoms with van der Waals surface area (Å²) in [5.74, 6) is -0.142. The Morgan fingerprint density at radius 3 is 2.57 bits per heavy atom. The highest BCUT2D eigenvalue weighted by Crippen LogP contribution is 2.51. The van der Waals surface area contributed by atoms with Crippen LogP contribution in [0.2, 0.25) is 0 Å². The molecule has 0 aliphatic carbocycles.